The van der Waals surface area contributed by atoms with Gasteiger partial charge < -0.3 is 5.21 Å². The molecule has 0 N–H and O–H groups in total. The largest absolute Gasteiger partial charge is 0.623 e. The van der Waals surface area contributed by atoms with Gasteiger partial charge in [-0.2, -0.15) is 13.2 Å². The maximum Gasteiger partial charge on any atom is 0.416 e. The summed E-state index contributed by atoms with van der Waals surface area (Å²) in [4.78, 5) is 0.430. The first kappa shape index (κ1) is 15.9. The van der Waals surface area contributed by atoms with Crippen molar-refractivity contribution >= 4 is 18.0 Å². The zero-order valence-electron chi connectivity index (χ0n) is 11.2. The molecule has 0 fully saturated rings. The molecule has 0 bridgehead atoms. The highest BCUT2D eigenvalue weighted by Gasteiger charge is 2.31. The third kappa shape index (κ3) is 4.16. The molecule has 0 atom stereocenters. The van der Waals surface area contributed by atoms with Crippen molar-refractivity contribution in [1.29, 1.82) is 0 Å². The Balaban J connectivity index is 3.25. The number of rotatable bonds is 2. The molecular formula is C13H16F3NOS. The second-order valence-corrected chi connectivity index (χ2v) is 5.93. The van der Waals surface area contributed by atoms with Crippen LogP contribution in [0.1, 0.15) is 31.9 Å². The molecule has 0 aliphatic heterocycles. The molecule has 0 aromatic heterocycles. The summed E-state index contributed by atoms with van der Waals surface area (Å²) >= 11 is 1.18. The van der Waals surface area contributed by atoms with Crippen molar-refractivity contribution in [2.24, 2.45) is 0 Å². The Morgan fingerprint density at radius 1 is 1.21 bits per heavy atom. The first-order valence-corrected chi connectivity index (χ1v) is 6.85. The van der Waals surface area contributed by atoms with Crippen LogP contribution < -0.4 is 0 Å². The van der Waals surface area contributed by atoms with Gasteiger partial charge >= 0.3 is 6.18 Å². The average Bonchev–Trinajstić information content (AvgIpc) is 2.26. The van der Waals surface area contributed by atoms with E-state index >= 15 is 0 Å². The lowest BCUT2D eigenvalue weighted by molar-refractivity contribution is -0.530. The second kappa shape index (κ2) is 5.45. The number of hydrogen-bond acceptors (Lipinski definition) is 2. The maximum atomic E-state index is 12.6. The zero-order valence-corrected chi connectivity index (χ0v) is 12.0. The van der Waals surface area contributed by atoms with Crippen LogP contribution in [-0.4, -0.2) is 22.7 Å². The van der Waals surface area contributed by atoms with Crippen LogP contribution in [0.4, 0.5) is 13.2 Å². The topological polar surface area (TPSA) is 26.1 Å². The van der Waals surface area contributed by atoms with E-state index in [9.17, 15) is 18.4 Å². The van der Waals surface area contributed by atoms with Gasteiger partial charge in [-0.25, -0.2) is 4.74 Å². The summed E-state index contributed by atoms with van der Waals surface area (Å²) in [6.07, 6.45) is -1.37. The molecule has 0 radical (unpaired) electrons. The number of thioether (sulfide) groups is 1. The van der Waals surface area contributed by atoms with Crippen molar-refractivity contribution < 1.29 is 17.9 Å². The van der Waals surface area contributed by atoms with Gasteiger partial charge in [0.15, 0.2) is 11.8 Å². The molecule has 0 unspecified atom stereocenters. The minimum Gasteiger partial charge on any atom is -0.623 e. The Bertz CT molecular complexity index is 490. The Hall–Kier alpha value is -1.17. The van der Waals surface area contributed by atoms with Crippen LogP contribution in [0.25, 0.3) is 0 Å². The average molecular weight is 291 g/mol. The molecule has 0 amide bonds. The van der Waals surface area contributed by atoms with E-state index in [1.165, 1.54) is 24.0 Å². The van der Waals surface area contributed by atoms with Gasteiger partial charge in [-0.05, 0) is 24.5 Å². The molecule has 0 spiro atoms. The van der Waals surface area contributed by atoms with Crippen molar-refractivity contribution in [1.82, 2.24) is 0 Å². The summed E-state index contributed by atoms with van der Waals surface area (Å²) in [6.45, 7) is 5.21. The SMILES string of the molecule is CSc1cc(C(F)(F)F)ccc1C=[N+]([O-])C(C)(C)C. The van der Waals surface area contributed by atoms with E-state index in [1.807, 2.05) is 0 Å². The van der Waals surface area contributed by atoms with Crippen LogP contribution in [0.3, 0.4) is 0 Å². The molecule has 1 aromatic rings. The predicted octanol–water partition coefficient (Wildman–Crippen LogP) is 4.16. The van der Waals surface area contributed by atoms with Gasteiger partial charge in [0.1, 0.15) is 0 Å². The van der Waals surface area contributed by atoms with Crippen LogP contribution in [0, 0.1) is 5.21 Å². The highest BCUT2D eigenvalue weighted by Crippen LogP contribution is 2.32. The standard InChI is InChI=1S/C13H16F3NOS/c1-12(2,3)17(18)8-9-5-6-10(13(14,15)16)7-11(9)19-4/h5-8H,1-4H3. The van der Waals surface area contributed by atoms with Crippen LogP contribution >= 0.6 is 11.8 Å². The van der Waals surface area contributed by atoms with Gasteiger partial charge in [-0.1, -0.05) is 0 Å². The fraction of sp³-hybridized carbons (Fsp3) is 0.462. The summed E-state index contributed by atoms with van der Waals surface area (Å²) in [5.74, 6) is 0. The molecule has 0 saturated heterocycles. The first-order valence-electron chi connectivity index (χ1n) is 5.62. The molecule has 0 aliphatic carbocycles. The first-order chi connectivity index (χ1) is 8.55. The smallest absolute Gasteiger partial charge is 0.416 e. The highest BCUT2D eigenvalue weighted by atomic mass is 32.2. The summed E-state index contributed by atoms with van der Waals surface area (Å²) < 4.78 is 38.5. The summed E-state index contributed by atoms with van der Waals surface area (Å²) in [5, 5.41) is 11.8. The Morgan fingerprint density at radius 2 is 1.79 bits per heavy atom. The number of halogens is 3. The third-order valence-electron chi connectivity index (χ3n) is 2.48. The van der Waals surface area contributed by atoms with E-state index < -0.39 is 17.3 Å². The van der Waals surface area contributed by atoms with Gasteiger partial charge in [0, 0.05) is 25.7 Å². The van der Waals surface area contributed by atoms with Crippen molar-refractivity contribution in [3.05, 3.63) is 34.5 Å². The van der Waals surface area contributed by atoms with Crippen molar-refractivity contribution in [3.8, 4) is 0 Å². The normalized spacial score (nSPS) is 13.7. The minimum atomic E-state index is -4.37. The number of hydroxylamine groups is 1. The molecule has 0 aliphatic rings. The van der Waals surface area contributed by atoms with Crippen molar-refractivity contribution in [2.75, 3.05) is 6.26 Å². The van der Waals surface area contributed by atoms with Crippen LogP contribution in [-0.2, 0) is 6.18 Å². The van der Waals surface area contributed by atoms with Crippen LogP contribution in [0.5, 0.6) is 0 Å². The van der Waals surface area contributed by atoms with E-state index in [-0.39, 0.29) is 0 Å². The third-order valence-corrected chi connectivity index (χ3v) is 3.27. The van der Waals surface area contributed by atoms with E-state index in [0.29, 0.717) is 10.5 Å². The van der Waals surface area contributed by atoms with Crippen molar-refractivity contribution in [3.63, 3.8) is 0 Å². The molecule has 19 heavy (non-hydrogen) atoms. The molecule has 0 heterocycles. The lowest BCUT2D eigenvalue weighted by atomic mass is 10.1. The Labute approximate surface area is 114 Å². The van der Waals surface area contributed by atoms with Crippen molar-refractivity contribution in [2.45, 2.75) is 37.4 Å². The highest BCUT2D eigenvalue weighted by molar-refractivity contribution is 7.98. The number of benzene rings is 1. The molecule has 1 aromatic carbocycles. The van der Waals surface area contributed by atoms with Gasteiger partial charge in [-0.3, -0.25) is 0 Å². The fourth-order valence-corrected chi connectivity index (χ4v) is 1.92. The quantitative estimate of drug-likeness (QED) is 0.269. The predicted molar refractivity (Wildman–Crippen MR) is 71.8 cm³/mol. The molecule has 2 nitrogen and oxygen atoms in total. The lowest BCUT2D eigenvalue weighted by Crippen LogP contribution is -2.29. The van der Waals surface area contributed by atoms with E-state index in [4.69, 9.17) is 0 Å². The van der Waals surface area contributed by atoms with E-state index in [1.54, 1.807) is 27.0 Å². The van der Waals surface area contributed by atoms with Gasteiger partial charge in [0.25, 0.3) is 0 Å². The minimum absolute atomic E-state index is 0.430. The Kier molecular flexibility index (Phi) is 4.55. The van der Waals surface area contributed by atoms with Gasteiger partial charge in [0.2, 0.25) is 0 Å². The lowest BCUT2D eigenvalue weighted by Gasteiger charge is -2.19. The van der Waals surface area contributed by atoms with E-state index in [0.717, 1.165) is 16.9 Å². The molecular weight excluding hydrogens is 275 g/mol. The number of hydrogen-bond donors (Lipinski definition) is 0. The zero-order chi connectivity index (χ0) is 14.8. The number of alkyl halides is 3. The summed E-state index contributed by atoms with van der Waals surface area (Å²) in [6, 6.07) is 3.38. The fourth-order valence-electron chi connectivity index (χ4n) is 1.31. The maximum absolute atomic E-state index is 12.6. The van der Waals surface area contributed by atoms with Crippen LogP contribution in [0.15, 0.2) is 23.1 Å². The summed E-state index contributed by atoms with van der Waals surface area (Å²) in [5.41, 5.74) is -0.842. The van der Waals surface area contributed by atoms with Crippen LogP contribution in [0.2, 0.25) is 0 Å². The molecule has 106 valence electrons. The summed E-state index contributed by atoms with van der Waals surface area (Å²) in [7, 11) is 0. The van der Waals surface area contributed by atoms with Gasteiger partial charge in [-0.15, -0.1) is 11.8 Å². The number of nitrogens with zero attached hydrogens (tertiary/aromatic N) is 1. The second-order valence-electron chi connectivity index (χ2n) is 5.08. The molecule has 1 rings (SSSR count). The molecule has 0 saturated carbocycles. The van der Waals surface area contributed by atoms with E-state index in [2.05, 4.69) is 0 Å². The monoisotopic (exact) mass is 291 g/mol. The van der Waals surface area contributed by atoms with Gasteiger partial charge in [0.05, 0.1) is 11.1 Å². The molecule has 6 heteroatoms. The Morgan fingerprint density at radius 3 is 2.21 bits per heavy atom.